The summed E-state index contributed by atoms with van der Waals surface area (Å²) in [5, 5.41) is 5.77. The van der Waals surface area contributed by atoms with Crippen molar-refractivity contribution in [1.82, 2.24) is 15.5 Å². The predicted molar refractivity (Wildman–Crippen MR) is 109 cm³/mol. The fourth-order valence-electron chi connectivity index (χ4n) is 4.42. The average Bonchev–Trinajstić information content (AvgIpc) is 2.86. The summed E-state index contributed by atoms with van der Waals surface area (Å²) in [4.78, 5) is 26.7. The van der Waals surface area contributed by atoms with E-state index in [1.54, 1.807) is 0 Å². The fourth-order valence-corrected chi connectivity index (χ4v) is 4.42. The number of hydrogen-bond acceptors (Lipinski definition) is 4. The lowest BCUT2D eigenvalue weighted by Crippen LogP contribution is -2.46. The van der Waals surface area contributed by atoms with Crippen LogP contribution >= 0.6 is 0 Å². The number of likely N-dealkylation sites (tertiary alicyclic amines) is 1. The minimum Gasteiger partial charge on any atom is -0.466 e. The molecule has 1 aromatic rings. The van der Waals surface area contributed by atoms with E-state index < -0.39 is 11.8 Å². The zero-order chi connectivity index (χ0) is 19.9. The Bertz CT molecular complexity index is 654. The molecule has 6 nitrogen and oxygen atoms in total. The monoisotopic (exact) mass is 389 g/mol. The highest BCUT2D eigenvalue weighted by atomic mass is 16.3. The molecule has 0 bridgehead atoms. The van der Waals surface area contributed by atoms with Gasteiger partial charge in [0.2, 0.25) is 0 Å². The second-order valence-corrected chi connectivity index (χ2v) is 8.53. The number of carbonyl (C=O) groups excluding carboxylic acids is 2. The molecule has 3 rings (SSSR count). The van der Waals surface area contributed by atoms with Crippen molar-refractivity contribution in [3.8, 4) is 0 Å². The third kappa shape index (κ3) is 6.09. The van der Waals surface area contributed by atoms with Crippen LogP contribution in [-0.4, -0.2) is 42.4 Å². The van der Waals surface area contributed by atoms with E-state index in [2.05, 4.69) is 21.6 Å². The van der Waals surface area contributed by atoms with Crippen molar-refractivity contribution in [2.45, 2.75) is 77.8 Å². The molecule has 2 amide bonds. The number of rotatable bonds is 5. The molecule has 28 heavy (non-hydrogen) atoms. The van der Waals surface area contributed by atoms with Crippen LogP contribution < -0.4 is 10.6 Å². The predicted octanol–water partition coefficient (Wildman–Crippen LogP) is 3.06. The number of amides is 2. The number of carbonyl (C=O) groups is 2. The maximum atomic E-state index is 12.1. The van der Waals surface area contributed by atoms with Gasteiger partial charge in [-0.1, -0.05) is 25.7 Å². The number of furan rings is 1. The molecule has 0 unspecified atom stereocenters. The molecular weight excluding hydrogens is 354 g/mol. The van der Waals surface area contributed by atoms with Crippen LogP contribution in [0.2, 0.25) is 0 Å². The Labute approximate surface area is 168 Å². The summed E-state index contributed by atoms with van der Waals surface area (Å²) in [7, 11) is 0. The third-order valence-electron chi connectivity index (χ3n) is 6.19. The first-order chi connectivity index (χ1) is 13.5. The molecule has 0 radical (unpaired) electrons. The van der Waals surface area contributed by atoms with Crippen molar-refractivity contribution in [2.75, 3.05) is 19.6 Å². The van der Waals surface area contributed by atoms with Gasteiger partial charge in [0.15, 0.2) is 0 Å². The normalized spacial score (nSPS) is 19.9. The van der Waals surface area contributed by atoms with E-state index in [0.29, 0.717) is 12.5 Å². The van der Waals surface area contributed by atoms with E-state index >= 15 is 0 Å². The van der Waals surface area contributed by atoms with Gasteiger partial charge in [0.1, 0.15) is 11.5 Å². The van der Waals surface area contributed by atoms with E-state index in [0.717, 1.165) is 69.7 Å². The second-order valence-electron chi connectivity index (χ2n) is 8.53. The van der Waals surface area contributed by atoms with Gasteiger partial charge >= 0.3 is 11.8 Å². The second kappa shape index (κ2) is 10.1. The molecule has 156 valence electrons. The fraction of sp³-hybridized carbons (Fsp3) is 0.727. The minimum atomic E-state index is -0.476. The molecule has 1 aliphatic heterocycles. The molecule has 2 aliphatic rings. The van der Waals surface area contributed by atoms with Crippen molar-refractivity contribution in [2.24, 2.45) is 5.92 Å². The van der Waals surface area contributed by atoms with Gasteiger partial charge in [-0.05, 0) is 64.6 Å². The van der Waals surface area contributed by atoms with E-state index in [-0.39, 0.29) is 6.04 Å². The number of nitrogens with one attached hydrogen (secondary N) is 2. The van der Waals surface area contributed by atoms with Crippen LogP contribution in [0.25, 0.3) is 0 Å². The molecule has 1 aliphatic carbocycles. The van der Waals surface area contributed by atoms with Crippen LogP contribution in [0.1, 0.15) is 68.5 Å². The summed E-state index contributed by atoms with van der Waals surface area (Å²) in [6.07, 6.45) is 8.82. The molecule has 1 aromatic heterocycles. The zero-order valence-corrected chi connectivity index (χ0v) is 17.4. The Kier molecular flexibility index (Phi) is 7.54. The number of nitrogens with zero attached hydrogens (tertiary/aromatic N) is 1. The quantitative estimate of drug-likeness (QED) is 0.600. The highest BCUT2D eigenvalue weighted by Crippen LogP contribution is 2.21. The van der Waals surface area contributed by atoms with Crippen LogP contribution in [0.3, 0.4) is 0 Å². The maximum absolute atomic E-state index is 12.1. The van der Waals surface area contributed by atoms with Gasteiger partial charge in [-0.15, -0.1) is 0 Å². The van der Waals surface area contributed by atoms with Gasteiger partial charge in [-0.2, -0.15) is 0 Å². The van der Waals surface area contributed by atoms with Crippen LogP contribution in [0.4, 0.5) is 0 Å². The SMILES string of the molecule is Cc1cc(CN2CCC(CNC(=O)C(=O)NC3CCCCCC3)CC2)c(C)o1. The molecule has 2 heterocycles. The van der Waals surface area contributed by atoms with Gasteiger partial charge in [0.25, 0.3) is 0 Å². The molecule has 1 saturated heterocycles. The van der Waals surface area contributed by atoms with Crippen molar-refractivity contribution in [1.29, 1.82) is 0 Å². The molecule has 1 saturated carbocycles. The highest BCUT2D eigenvalue weighted by Gasteiger charge is 2.23. The summed E-state index contributed by atoms with van der Waals surface area (Å²) in [6.45, 7) is 7.54. The van der Waals surface area contributed by atoms with E-state index in [4.69, 9.17) is 4.42 Å². The molecule has 2 fully saturated rings. The molecule has 2 N–H and O–H groups in total. The van der Waals surface area contributed by atoms with Crippen LogP contribution in [0, 0.1) is 19.8 Å². The summed E-state index contributed by atoms with van der Waals surface area (Å²) >= 11 is 0. The lowest BCUT2D eigenvalue weighted by Gasteiger charge is -2.31. The number of aryl methyl sites for hydroxylation is 2. The zero-order valence-electron chi connectivity index (χ0n) is 17.4. The van der Waals surface area contributed by atoms with E-state index in [9.17, 15) is 9.59 Å². The van der Waals surface area contributed by atoms with Gasteiger partial charge in [0.05, 0.1) is 0 Å². The van der Waals surface area contributed by atoms with Crippen LogP contribution in [0.5, 0.6) is 0 Å². The van der Waals surface area contributed by atoms with Crippen LogP contribution in [-0.2, 0) is 16.1 Å². The first kappa shape index (κ1) is 20.9. The Morgan fingerprint density at radius 2 is 1.71 bits per heavy atom. The summed E-state index contributed by atoms with van der Waals surface area (Å²) in [5.41, 5.74) is 1.26. The standard InChI is InChI=1S/C22H35N3O3/c1-16-13-19(17(2)28-16)15-25-11-9-18(10-12-25)14-23-21(26)22(27)24-20-7-5-3-4-6-8-20/h13,18,20H,3-12,14-15H2,1-2H3,(H,23,26)(H,24,27). The van der Waals surface area contributed by atoms with E-state index in [1.807, 2.05) is 13.8 Å². The van der Waals surface area contributed by atoms with Crippen molar-refractivity contribution in [3.05, 3.63) is 23.2 Å². The van der Waals surface area contributed by atoms with E-state index in [1.165, 1.54) is 18.4 Å². The van der Waals surface area contributed by atoms with Gasteiger partial charge in [0, 0.05) is 24.7 Å². The highest BCUT2D eigenvalue weighted by molar-refractivity contribution is 6.35. The topological polar surface area (TPSA) is 74.6 Å². The average molecular weight is 390 g/mol. The maximum Gasteiger partial charge on any atom is 0.309 e. The summed E-state index contributed by atoms with van der Waals surface area (Å²) in [5.74, 6) is 1.48. The molecule has 6 heteroatoms. The van der Waals surface area contributed by atoms with Crippen molar-refractivity contribution >= 4 is 11.8 Å². The van der Waals surface area contributed by atoms with Crippen molar-refractivity contribution < 1.29 is 14.0 Å². The molecule has 0 aromatic carbocycles. The first-order valence-corrected chi connectivity index (χ1v) is 10.9. The lowest BCUT2D eigenvalue weighted by atomic mass is 9.96. The number of hydrogen-bond donors (Lipinski definition) is 2. The van der Waals surface area contributed by atoms with Gasteiger partial charge in [-0.3, -0.25) is 14.5 Å². The Balaban J connectivity index is 1.34. The molecule has 0 atom stereocenters. The van der Waals surface area contributed by atoms with Gasteiger partial charge in [-0.25, -0.2) is 0 Å². The third-order valence-corrected chi connectivity index (χ3v) is 6.19. The largest absolute Gasteiger partial charge is 0.466 e. The summed E-state index contributed by atoms with van der Waals surface area (Å²) in [6, 6.07) is 2.29. The Morgan fingerprint density at radius 1 is 1.04 bits per heavy atom. The lowest BCUT2D eigenvalue weighted by molar-refractivity contribution is -0.139. The molecule has 0 spiro atoms. The Hall–Kier alpha value is -1.82. The summed E-state index contributed by atoms with van der Waals surface area (Å²) < 4.78 is 5.61. The van der Waals surface area contributed by atoms with Crippen molar-refractivity contribution in [3.63, 3.8) is 0 Å². The smallest absolute Gasteiger partial charge is 0.309 e. The first-order valence-electron chi connectivity index (χ1n) is 10.9. The Morgan fingerprint density at radius 3 is 2.32 bits per heavy atom. The number of piperidine rings is 1. The van der Waals surface area contributed by atoms with Gasteiger partial charge < -0.3 is 15.1 Å². The van der Waals surface area contributed by atoms with Crippen LogP contribution in [0.15, 0.2) is 10.5 Å². The molecular formula is C22H35N3O3. The minimum absolute atomic E-state index is 0.166.